The van der Waals surface area contributed by atoms with E-state index in [-0.39, 0.29) is 18.0 Å². The number of hydrogen-bond acceptors (Lipinski definition) is 4. The van der Waals surface area contributed by atoms with Crippen LogP contribution < -0.4 is 15.5 Å². The van der Waals surface area contributed by atoms with E-state index in [1.165, 1.54) is 0 Å². The molecule has 7 nitrogen and oxygen atoms in total. The largest absolute Gasteiger partial charge is 0.338 e. The van der Waals surface area contributed by atoms with Crippen LogP contribution in [0, 0.1) is 6.92 Å². The highest BCUT2D eigenvalue weighted by molar-refractivity contribution is 5.96. The summed E-state index contributed by atoms with van der Waals surface area (Å²) in [6.45, 7) is 12.0. The van der Waals surface area contributed by atoms with Crippen LogP contribution in [0.3, 0.4) is 0 Å². The highest BCUT2D eigenvalue weighted by atomic mass is 16.2. The number of nitrogens with zero attached hydrogens (tertiary/aromatic N) is 3. The number of rotatable bonds is 7. The summed E-state index contributed by atoms with van der Waals surface area (Å²) in [6.07, 6.45) is 1.29. The monoisotopic (exact) mass is 387 g/mol. The zero-order valence-corrected chi connectivity index (χ0v) is 17.1. The molecule has 154 valence electrons. The molecule has 2 N–H and O–H groups in total. The molecule has 1 atom stereocenters. The van der Waals surface area contributed by atoms with Crippen LogP contribution in [0.2, 0.25) is 0 Å². The summed E-state index contributed by atoms with van der Waals surface area (Å²) < 4.78 is 0. The van der Waals surface area contributed by atoms with E-state index in [9.17, 15) is 9.59 Å². The van der Waals surface area contributed by atoms with E-state index in [0.29, 0.717) is 19.5 Å². The van der Waals surface area contributed by atoms with Gasteiger partial charge in [0.1, 0.15) is 0 Å². The van der Waals surface area contributed by atoms with Crippen LogP contribution in [0.15, 0.2) is 24.3 Å². The lowest BCUT2D eigenvalue weighted by Crippen LogP contribution is -2.47. The number of aryl methyl sites for hydroxylation is 1. The SMILES string of the molecule is CCN1CCN(CCCNC(=O)NC2CC(=O)N(c3ccc(C)cc3)C2)CC1. The third-order valence-corrected chi connectivity index (χ3v) is 5.65. The molecule has 1 unspecified atom stereocenters. The lowest BCUT2D eigenvalue weighted by molar-refractivity contribution is -0.117. The number of urea groups is 1. The van der Waals surface area contributed by atoms with Crippen molar-refractivity contribution in [2.24, 2.45) is 0 Å². The molecule has 3 rings (SSSR count). The highest BCUT2D eigenvalue weighted by Gasteiger charge is 2.31. The van der Waals surface area contributed by atoms with Gasteiger partial charge in [0.2, 0.25) is 5.91 Å². The molecule has 0 aliphatic carbocycles. The van der Waals surface area contributed by atoms with Crippen LogP contribution in [-0.2, 0) is 4.79 Å². The topological polar surface area (TPSA) is 67.9 Å². The van der Waals surface area contributed by atoms with E-state index < -0.39 is 0 Å². The molecular weight excluding hydrogens is 354 g/mol. The van der Waals surface area contributed by atoms with E-state index in [4.69, 9.17) is 0 Å². The van der Waals surface area contributed by atoms with Gasteiger partial charge in [-0.3, -0.25) is 4.79 Å². The first-order valence-corrected chi connectivity index (χ1v) is 10.4. The number of carbonyl (C=O) groups excluding carboxylic acids is 2. The normalized spacial score (nSPS) is 21.1. The molecule has 0 spiro atoms. The summed E-state index contributed by atoms with van der Waals surface area (Å²) in [5, 5.41) is 5.87. The Labute approximate surface area is 168 Å². The van der Waals surface area contributed by atoms with Gasteiger partial charge in [0.15, 0.2) is 0 Å². The molecule has 2 aliphatic rings. The van der Waals surface area contributed by atoms with Gasteiger partial charge in [0.25, 0.3) is 0 Å². The molecule has 28 heavy (non-hydrogen) atoms. The minimum absolute atomic E-state index is 0.0559. The minimum Gasteiger partial charge on any atom is -0.338 e. The number of anilines is 1. The van der Waals surface area contributed by atoms with Gasteiger partial charge in [-0.05, 0) is 38.6 Å². The number of amides is 3. The van der Waals surface area contributed by atoms with Crippen molar-refractivity contribution < 1.29 is 9.59 Å². The van der Waals surface area contributed by atoms with Crippen molar-refractivity contribution in [3.63, 3.8) is 0 Å². The van der Waals surface area contributed by atoms with Gasteiger partial charge in [-0.2, -0.15) is 0 Å². The Hall–Kier alpha value is -2.12. The summed E-state index contributed by atoms with van der Waals surface area (Å²) in [7, 11) is 0. The van der Waals surface area contributed by atoms with Crippen molar-refractivity contribution in [1.29, 1.82) is 0 Å². The molecule has 2 aliphatic heterocycles. The van der Waals surface area contributed by atoms with Crippen molar-refractivity contribution in [3.05, 3.63) is 29.8 Å². The fourth-order valence-corrected chi connectivity index (χ4v) is 3.85. The standard InChI is InChI=1S/C21H33N5O2/c1-3-24-11-13-25(14-12-24)10-4-9-22-21(28)23-18-15-20(27)26(16-18)19-7-5-17(2)6-8-19/h5-8,18H,3-4,9-16H2,1-2H3,(H2,22,23,28). The average Bonchev–Trinajstić information content (AvgIpc) is 3.06. The number of likely N-dealkylation sites (N-methyl/N-ethyl adjacent to an activating group) is 1. The van der Waals surface area contributed by atoms with Crippen LogP contribution in [0.1, 0.15) is 25.3 Å². The van der Waals surface area contributed by atoms with E-state index in [0.717, 1.165) is 56.9 Å². The lowest BCUT2D eigenvalue weighted by atomic mass is 10.2. The van der Waals surface area contributed by atoms with Crippen LogP contribution in [0.5, 0.6) is 0 Å². The maximum Gasteiger partial charge on any atom is 0.315 e. The molecular formula is C21H33N5O2. The third kappa shape index (κ3) is 5.69. The summed E-state index contributed by atoms with van der Waals surface area (Å²) in [5.74, 6) is 0.0559. The molecule has 0 bridgehead atoms. The number of nitrogens with one attached hydrogen (secondary N) is 2. The van der Waals surface area contributed by atoms with Gasteiger partial charge >= 0.3 is 6.03 Å². The fraction of sp³-hybridized carbons (Fsp3) is 0.619. The predicted molar refractivity (Wildman–Crippen MR) is 112 cm³/mol. The first-order chi connectivity index (χ1) is 13.5. The van der Waals surface area contributed by atoms with Crippen LogP contribution in [0.4, 0.5) is 10.5 Å². The average molecular weight is 388 g/mol. The number of carbonyl (C=O) groups is 2. The van der Waals surface area contributed by atoms with Gasteiger partial charge < -0.3 is 25.3 Å². The molecule has 2 heterocycles. The first-order valence-electron chi connectivity index (χ1n) is 10.4. The van der Waals surface area contributed by atoms with E-state index in [2.05, 4.69) is 27.4 Å². The summed E-state index contributed by atoms with van der Waals surface area (Å²) in [6, 6.07) is 7.58. The minimum atomic E-state index is -0.181. The van der Waals surface area contributed by atoms with Crippen molar-refractivity contribution in [2.75, 3.05) is 57.3 Å². The molecule has 1 aromatic rings. The quantitative estimate of drug-likeness (QED) is 0.695. The Morgan fingerprint density at radius 1 is 1.11 bits per heavy atom. The number of benzene rings is 1. The van der Waals surface area contributed by atoms with Gasteiger partial charge in [-0.25, -0.2) is 4.79 Å². The molecule has 0 aromatic heterocycles. The van der Waals surface area contributed by atoms with E-state index >= 15 is 0 Å². The lowest BCUT2D eigenvalue weighted by Gasteiger charge is -2.33. The smallest absolute Gasteiger partial charge is 0.315 e. The number of piperazine rings is 1. The predicted octanol–water partition coefficient (Wildman–Crippen LogP) is 1.43. The molecule has 3 amide bonds. The number of hydrogen-bond donors (Lipinski definition) is 2. The van der Waals surface area contributed by atoms with Crippen molar-refractivity contribution in [2.45, 2.75) is 32.7 Å². The second-order valence-electron chi connectivity index (χ2n) is 7.77. The first kappa shape index (κ1) is 20.6. The van der Waals surface area contributed by atoms with Crippen molar-refractivity contribution in [1.82, 2.24) is 20.4 Å². The Bertz CT molecular complexity index is 655. The van der Waals surface area contributed by atoms with Crippen LogP contribution >= 0.6 is 0 Å². The summed E-state index contributed by atoms with van der Waals surface area (Å²) in [5.41, 5.74) is 2.06. The maximum atomic E-state index is 12.3. The Morgan fingerprint density at radius 2 is 1.79 bits per heavy atom. The zero-order valence-electron chi connectivity index (χ0n) is 17.1. The molecule has 2 saturated heterocycles. The zero-order chi connectivity index (χ0) is 19.9. The van der Waals surface area contributed by atoms with Crippen molar-refractivity contribution in [3.8, 4) is 0 Å². The Balaban J connectivity index is 1.33. The Morgan fingerprint density at radius 3 is 2.46 bits per heavy atom. The van der Waals surface area contributed by atoms with Gasteiger partial charge in [-0.15, -0.1) is 0 Å². The molecule has 2 fully saturated rings. The molecule has 0 saturated carbocycles. The second kappa shape index (κ2) is 9.89. The van der Waals surface area contributed by atoms with Gasteiger partial charge in [-0.1, -0.05) is 24.6 Å². The molecule has 1 aromatic carbocycles. The van der Waals surface area contributed by atoms with E-state index in [1.807, 2.05) is 31.2 Å². The highest BCUT2D eigenvalue weighted by Crippen LogP contribution is 2.21. The molecule has 7 heteroatoms. The van der Waals surface area contributed by atoms with Crippen molar-refractivity contribution >= 4 is 17.6 Å². The van der Waals surface area contributed by atoms with Gasteiger partial charge in [0.05, 0.1) is 6.04 Å². The summed E-state index contributed by atoms with van der Waals surface area (Å²) in [4.78, 5) is 31.1. The maximum absolute atomic E-state index is 12.3. The third-order valence-electron chi connectivity index (χ3n) is 5.65. The second-order valence-corrected chi connectivity index (χ2v) is 7.77. The summed E-state index contributed by atoms with van der Waals surface area (Å²) >= 11 is 0. The van der Waals surface area contributed by atoms with E-state index in [1.54, 1.807) is 4.90 Å². The van der Waals surface area contributed by atoms with Crippen LogP contribution in [0.25, 0.3) is 0 Å². The molecule has 0 radical (unpaired) electrons. The Kier molecular flexibility index (Phi) is 7.28. The fourth-order valence-electron chi connectivity index (χ4n) is 3.85. The van der Waals surface area contributed by atoms with Crippen LogP contribution in [-0.4, -0.2) is 80.1 Å². The van der Waals surface area contributed by atoms with Gasteiger partial charge in [0, 0.05) is 51.4 Å².